The fourth-order valence-corrected chi connectivity index (χ4v) is 1.03. The summed E-state index contributed by atoms with van der Waals surface area (Å²) in [5.74, 6) is 0.465. The van der Waals surface area contributed by atoms with Gasteiger partial charge in [-0.1, -0.05) is 36.4 Å². The van der Waals surface area contributed by atoms with Crippen LogP contribution in [0.4, 0.5) is 0 Å². The summed E-state index contributed by atoms with van der Waals surface area (Å²) in [4.78, 5) is 10.5. The zero-order valence-corrected chi connectivity index (χ0v) is 7.29. The Morgan fingerprint density at radius 1 is 1.25 bits per heavy atom. The normalized spacial score (nSPS) is 10.4. The molecule has 0 atom stereocenters. The van der Waals surface area contributed by atoms with Gasteiger partial charge in [0.15, 0.2) is 6.29 Å². The van der Waals surface area contributed by atoms with Crippen LogP contribution in [0.3, 0.4) is 0 Å². The summed E-state index contributed by atoms with van der Waals surface area (Å²) in [5.41, 5.74) is 1.60. The molecule has 0 saturated heterocycles. The first-order valence-corrected chi connectivity index (χ1v) is 4.18. The van der Waals surface area contributed by atoms with E-state index in [2.05, 4.69) is 0 Å². The molecule has 0 bridgehead atoms. The Hall–Kier alpha value is -1.08. The molecular formula is C10H9ClO. The monoisotopic (exact) mass is 180 g/mol. The topological polar surface area (TPSA) is 17.1 Å². The van der Waals surface area contributed by atoms with Crippen LogP contribution >= 0.6 is 11.6 Å². The van der Waals surface area contributed by atoms with E-state index in [4.69, 9.17) is 11.6 Å². The maximum atomic E-state index is 10.5. The summed E-state index contributed by atoms with van der Waals surface area (Å²) in [6, 6.07) is 7.39. The lowest BCUT2D eigenvalue weighted by molar-refractivity contribution is 0.112. The van der Waals surface area contributed by atoms with E-state index in [1.54, 1.807) is 6.07 Å². The molecule has 1 aromatic rings. The molecule has 1 nitrogen and oxygen atoms in total. The highest BCUT2D eigenvalue weighted by Crippen LogP contribution is 2.07. The van der Waals surface area contributed by atoms with E-state index in [1.165, 1.54) is 0 Å². The van der Waals surface area contributed by atoms with E-state index in [-0.39, 0.29) is 0 Å². The maximum absolute atomic E-state index is 10.5. The fraction of sp³-hybridized carbons (Fsp3) is 0.100. The zero-order valence-electron chi connectivity index (χ0n) is 6.53. The van der Waals surface area contributed by atoms with Crippen molar-refractivity contribution in [2.75, 3.05) is 5.88 Å². The van der Waals surface area contributed by atoms with Crippen molar-refractivity contribution in [3.05, 3.63) is 41.5 Å². The number of carbonyl (C=O) groups is 1. The number of benzene rings is 1. The van der Waals surface area contributed by atoms with Crippen LogP contribution in [0.15, 0.2) is 30.3 Å². The summed E-state index contributed by atoms with van der Waals surface area (Å²) in [7, 11) is 0. The molecule has 0 aliphatic heterocycles. The SMILES string of the molecule is O=Cc1ccccc1/C=C/CCl. The van der Waals surface area contributed by atoms with Gasteiger partial charge in [-0.15, -0.1) is 11.6 Å². The van der Waals surface area contributed by atoms with Gasteiger partial charge in [0.1, 0.15) is 0 Å². The lowest BCUT2D eigenvalue weighted by Gasteiger charge is -1.95. The van der Waals surface area contributed by atoms with Crippen molar-refractivity contribution >= 4 is 24.0 Å². The molecule has 1 rings (SSSR count). The van der Waals surface area contributed by atoms with Gasteiger partial charge in [-0.3, -0.25) is 4.79 Å². The minimum atomic E-state index is 0.465. The van der Waals surface area contributed by atoms with Gasteiger partial charge in [-0.05, 0) is 5.56 Å². The molecule has 0 aliphatic carbocycles. The van der Waals surface area contributed by atoms with Crippen LogP contribution in [0.25, 0.3) is 6.08 Å². The van der Waals surface area contributed by atoms with Gasteiger partial charge in [0.25, 0.3) is 0 Å². The number of carbonyl (C=O) groups excluding carboxylic acids is 1. The number of hydrogen-bond donors (Lipinski definition) is 0. The standard InChI is InChI=1S/C10H9ClO/c11-7-3-6-9-4-1-2-5-10(9)8-12/h1-6,8H,7H2/b6-3+. The summed E-state index contributed by atoms with van der Waals surface area (Å²) < 4.78 is 0. The number of alkyl halides is 1. The second-order valence-electron chi connectivity index (χ2n) is 2.30. The summed E-state index contributed by atoms with van der Waals surface area (Å²) in [6.45, 7) is 0. The van der Waals surface area contributed by atoms with Gasteiger partial charge >= 0.3 is 0 Å². The van der Waals surface area contributed by atoms with Crippen LogP contribution in [-0.4, -0.2) is 12.2 Å². The third kappa shape index (κ3) is 2.21. The van der Waals surface area contributed by atoms with Crippen molar-refractivity contribution < 1.29 is 4.79 Å². The van der Waals surface area contributed by atoms with Crippen LogP contribution in [0.1, 0.15) is 15.9 Å². The minimum Gasteiger partial charge on any atom is -0.298 e. The van der Waals surface area contributed by atoms with Gasteiger partial charge in [0, 0.05) is 11.4 Å². The van der Waals surface area contributed by atoms with E-state index in [1.807, 2.05) is 30.4 Å². The maximum Gasteiger partial charge on any atom is 0.150 e. The van der Waals surface area contributed by atoms with Crippen molar-refractivity contribution in [2.24, 2.45) is 0 Å². The Balaban J connectivity index is 2.96. The highest BCUT2D eigenvalue weighted by molar-refractivity contribution is 6.19. The highest BCUT2D eigenvalue weighted by Gasteiger charge is 1.93. The van der Waals surface area contributed by atoms with E-state index < -0.39 is 0 Å². The molecule has 0 spiro atoms. The van der Waals surface area contributed by atoms with Crippen molar-refractivity contribution in [3.8, 4) is 0 Å². The zero-order chi connectivity index (χ0) is 8.81. The second-order valence-corrected chi connectivity index (χ2v) is 2.61. The lowest BCUT2D eigenvalue weighted by Crippen LogP contribution is -1.83. The number of aldehydes is 1. The van der Waals surface area contributed by atoms with Crippen molar-refractivity contribution in [2.45, 2.75) is 0 Å². The third-order valence-electron chi connectivity index (χ3n) is 1.51. The first-order chi connectivity index (χ1) is 5.88. The Morgan fingerprint density at radius 2 is 1.92 bits per heavy atom. The first-order valence-electron chi connectivity index (χ1n) is 3.65. The Bertz CT molecular complexity index is 292. The molecule has 0 fully saturated rings. The van der Waals surface area contributed by atoms with Gasteiger partial charge in [0.05, 0.1) is 0 Å². The lowest BCUT2D eigenvalue weighted by atomic mass is 10.1. The Labute approximate surface area is 76.7 Å². The molecule has 0 radical (unpaired) electrons. The number of hydrogen-bond acceptors (Lipinski definition) is 1. The number of rotatable bonds is 3. The second kappa shape index (κ2) is 4.73. The van der Waals surface area contributed by atoms with Crippen molar-refractivity contribution in [1.82, 2.24) is 0 Å². The van der Waals surface area contributed by atoms with Gasteiger partial charge < -0.3 is 0 Å². The molecule has 0 N–H and O–H groups in total. The van der Waals surface area contributed by atoms with Gasteiger partial charge in [-0.25, -0.2) is 0 Å². The molecule has 62 valence electrons. The molecule has 0 heterocycles. The molecule has 0 unspecified atom stereocenters. The molecule has 1 aromatic carbocycles. The van der Waals surface area contributed by atoms with Crippen molar-refractivity contribution in [1.29, 1.82) is 0 Å². The first kappa shape index (κ1) is 9.01. The van der Waals surface area contributed by atoms with Crippen LogP contribution < -0.4 is 0 Å². The Kier molecular flexibility index (Phi) is 3.55. The van der Waals surface area contributed by atoms with Crippen LogP contribution in [-0.2, 0) is 0 Å². The van der Waals surface area contributed by atoms with E-state index in [9.17, 15) is 4.79 Å². The molecule has 12 heavy (non-hydrogen) atoms. The van der Waals surface area contributed by atoms with E-state index >= 15 is 0 Å². The molecule has 0 amide bonds. The largest absolute Gasteiger partial charge is 0.298 e. The smallest absolute Gasteiger partial charge is 0.150 e. The van der Waals surface area contributed by atoms with Gasteiger partial charge in [-0.2, -0.15) is 0 Å². The Morgan fingerprint density at radius 3 is 2.50 bits per heavy atom. The molecule has 2 heteroatoms. The fourth-order valence-electron chi connectivity index (χ4n) is 0.942. The quantitative estimate of drug-likeness (QED) is 0.517. The summed E-state index contributed by atoms with van der Waals surface area (Å²) >= 11 is 5.47. The molecular weight excluding hydrogens is 172 g/mol. The molecule has 0 saturated carbocycles. The van der Waals surface area contributed by atoms with Gasteiger partial charge in [0.2, 0.25) is 0 Å². The predicted octanol–water partition coefficient (Wildman–Crippen LogP) is 2.75. The average Bonchev–Trinajstić information content (AvgIpc) is 2.15. The van der Waals surface area contributed by atoms with E-state index in [0.717, 1.165) is 11.8 Å². The average molecular weight is 181 g/mol. The summed E-state index contributed by atoms with van der Waals surface area (Å²) in [5, 5.41) is 0. The number of halogens is 1. The summed E-state index contributed by atoms with van der Waals surface area (Å²) in [6.07, 6.45) is 4.49. The van der Waals surface area contributed by atoms with Crippen LogP contribution in [0.5, 0.6) is 0 Å². The van der Waals surface area contributed by atoms with Crippen molar-refractivity contribution in [3.63, 3.8) is 0 Å². The highest BCUT2D eigenvalue weighted by atomic mass is 35.5. The van der Waals surface area contributed by atoms with Crippen LogP contribution in [0, 0.1) is 0 Å². The number of allylic oxidation sites excluding steroid dienone is 1. The van der Waals surface area contributed by atoms with E-state index in [0.29, 0.717) is 11.4 Å². The predicted molar refractivity (Wildman–Crippen MR) is 51.6 cm³/mol. The molecule has 0 aliphatic rings. The van der Waals surface area contributed by atoms with Crippen LogP contribution in [0.2, 0.25) is 0 Å². The molecule has 0 aromatic heterocycles. The minimum absolute atomic E-state index is 0.465. The third-order valence-corrected chi connectivity index (χ3v) is 1.69.